The number of carbonyl (C=O) groups is 2. The number of aliphatic carboxylic acids is 1. The van der Waals surface area contributed by atoms with Crippen LogP contribution >= 0.6 is 11.8 Å². The van der Waals surface area contributed by atoms with Crippen molar-refractivity contribution in [3.05, 3.63) is 29.8 Å². The molecule has 3 rings (SSSR count). The summed E-state index contributed by atoms with van der Waals surface area (Å²) in [6.07, 6.45) is 2.36. The number of carboxylic acids is 1. The molecule has 20 heavy (non-hydrogen) atoms. The van der Waals surface area contributed by atoms with E-state index in [1.807, 2.05) is 24.3 Å². The fourth-order valence-electron chi connectivity index (χ4n) is 3.02. The van der Waals surface area contributed by atoms with Gasteiger partial charge in [0.1, 0.15) is 6.04 Å². The Hall–Kier alpha value is -1.49. The molecule has 2 aliphatic rings. The quantitative estimate of drug-likeness (QED) is 0.908. The fourth-order valence-corrected chi connectivity index (χ4v) is 4.24. The van der Waals surface area contributed by atoms with Gasteiger partial charge in [-0.25, -0.2) is 4.79 Å². The van der Waals surface area contributed by atoms with Gasteiger partial charge < -0.3 is 10.0 Å². The van der Waals surface area contributed by atoms with Crippen LogP contribution in [-0.4, -0.2) is 40.2 Å². The average molecular weight is 291 g/mol. The summed E-state index contributed by atoms with van der Waals surface area (Å²) in [4.78, 5) is 26.8. The molecule has 0 radical (unpaired) electrons. The van der Waals surface area contributed by atoms with Crippen LogP contribution in [0.3, 0.4) is 0 Å². The molecule has 4 nitrogen and oxygen atoms in total. The molecule has 5 heteroatoms. The first-order valence-corrected chi connectivity index (χ1v) is 7.92. The molecule has 0 unspecified atom stereocenters. The van der Waals surface area contributed by atoms with E-state index < -0.39 is 12.0 Å². The lowest BCUT2D eigenvalue weighted by Gasteiger charge is -2.34. The minimum atomic E-state index is -0.878. The van der Waals surface area contributed by atoms with Gasteiger partial charge in [0.05, 0.1) is 5.92 Å². The third kappa shape index (κ3) is 2.30. The van der Waals surface area contributed by atoms with Crippen molar-refractivity contribution in [2.75, 3.05) is 12.3 Å². The summed E-state index contributed by atoms with van der Waals surface area (Å²) < 4.78 is 0. The number of piperidine rings is 1. The first-order chi connectivity index (χ1) is 9.68. The number of hydrogen-bond acceptors (Lipinski definition) is 3. The van der Waals surface area contributed by atoms with E-state index in [1.165, 1.54) is 0 Å². The highest BCUT2D eigenvalue weighted by atomic mass is 32.2. The lowest BCUT2D eigenvalue weighted by Crippen LogP contribution is -2.49. The van der Waals surface area contributed by atoms with E-state index in [4.69, 9.17) is 0 Å². The van der Waals surface area contributed by atoms with Gasteiger partial charge in [-0.2, -0.15) is 0 Å². The second-order valence-corrected chi connectivity index (χ2v) is 6.34. The number of nitrogens with zero attached hydrogens (tertiary/aromatic N) is 1. The van der Waals surface area contributed by atoms with Gasteiger partial charge in [-0.05, 0) is 30.9 Å². The third-order valence-electron chi connectivity index (χ3n) is 4.07. The van der Waals surface area contributed by atoms with E-state index >= 15 is 0 Å². The van der Waals surface area contributed by atoms with Crippen molar-refractivity contribution in [2.45, 2.75) is 36.1 Å². The molecular weight excluding hydrogens is 274 g/mol. The molecule has 0 spiro atoms. The molecule has 1 amide bonds. The second kappa shape index (κ2) is 5.48. The van der Waals surface area contributed by atoms with Crippen LogP contribution < -0.4 is 0 Å². The molecule has 1 saturated heterocycles. The predicted molar refractivity (Wildman–Crippen MR) is 76.9 cm³/mol. The molecule has 2 atom stereocenters. The van der Waals surface area contributed by atoms with E-state index in [-0.39, 0.29) is 11.8 Å². The van der Waals surface area contributed by atoms with Gasteiger partial charge in [0.25, 0.3) is 0 Å². The van der Waals surface area contributed by atoms with Gasteiger partial charge in [0, 0.05) is 17.2 Å². The van der Waals surface area contributed by atoms with Crippen molar-refractivity contribution in [3.63, 3.8) is 0 Å². The monoisotopic (exact) mass is 291 g/mol. The van der Waals surface area contributed by atoms with Crippen LogP contribution in [-0.2, 0) is 9.59 Å². The maximum absolute atomic E-state index is 12.7. The summed E-state index contributed by atoms with van der Waals surface area (Å²) >= 11 is 1.68. The number of carboxylic acid groups (broad SMARTS) is 1. The summed E-state index contributed by atoms with van der Waals surface area (Å²) in [5, 5.41) is 9.30. The number of rotatable bonds is 2. The predicted octanol–water partition coefficient (Wildman–Crippen LogP) is 2.34. The Labute approximate surface area is 122 Å². The van der Waals surface area contributed by atoms with Crippen LogP contribution in [0.1, 0.15) is 30.7 Å². The number of thioether (sulfide) groups is 1. The zero-order chi connectivity index (χ0) is 14.1. The molecule has 0 aliphatic carbocycles. The molecule has 1 N–H and O–H groups in total. The minimum absolute atomic E-state index is 0.0189. The van der Waals surface area contributed by atoms with E-state index in [2.05, 4.69) is 0 Å². The van der Waals surface area contributed by atoms with Crippen LogP contribution in [0.15, 0.2) is 29.2 Å². The van der Waals surface area contributed by atoms with E-state index in [9.17, 15) is 14.7 Å². The number of carbonyl (C=O) groups excluding carboxylic acids is 1. The van der Waals surface area contributed by atoms with Crippen molar-refractivity contribution in [1.82, 2.24) is 4.90 Å². The topological polar surface area (TPSA) is 57.6 Å². The number of fused-ring (bicyclic) bond motifs is 1. The maximum atomic E-state index is 12.7. The Morgan fingerprint density at radius 1 is 1.25 bits per heavy atom. The second-order valence-electron chi connectivity index (χ2n) is 5.28. The third-order valence-corrected chi connectivity index (χ3v) is 5.25. The van der Waals surface area contributed by atoms with Gasteiger partial charge in [0.15, 0.2) is 0 Å². The molecule has 1 aromatic rings. The lowest BCUT2D eigenvalue weighted by molar-refractivity contribution is -0.152. The average Bonchev–Trinajstić information content (AvgIpc) is 2.90. The fraction of sp³-hybridized carbons (Fsp3) is 0.467. The van der Waals surface area contributed by atoms with Crippen molar-refractivity contribution in [1.29, 1.82) is 0 Å². The molecule has 106 valence electrons. The molecule has 0 aromatic heterocycles. The molecule has 2 aliphatic heterocycles. The Morgan fingerprint density at radius 3 is 2.85 bits per heavy atom. The highest BCUT2D eigenvalue weighted by Gasteiger charge is 2.38. The Kier molecular flexibility index (Phi) is 3.70. The largest absolute Gasteiger partial charge is 0.480 e. The molecular formula is C15H17NO3S. The maximum Gasteiger partial charge on any atom is 0.326 e. The standard InChI is InChI=1S/C15H17NO3S/c17-14(16-8-4-3-6-12(16)15(18)19)11-9-20-13-7-2-1-5-10(11)13/h1-2,5,7,11-12H,3-4,6,8-9H2,(H,18,19)/t11-,12-/m0/s1. The summed E-state index contributed by atoms with van der Waals surface area (Å²) in [5.41, 5.74) is 1.05. The first-order valence-electron chi connectivity index (χ1n) is 6.93. The smallest absolute Gasteiger partial charge is 0.326 e. The van der Waals surface area contributed by atoms with E-state index in [1.54, 1.807) is 16.7 Å². The summed E-state index contributed by atoms with van der Waals surface area (Å²) in [6.45, 7) is 0.569. The number of amides is 1. The molecule has 1 aromatic carbocycles. The van der Waals surface area contributed by atoms with Crippen LogP contribution in [0.2, 0.25) is 0 Å². The Morgan fingerprint density at radius 2 is 2.05 bits per heavy atom. The van der Waals surface area contributed by atoms with E-state index in [0.717, 1.165) is 29.1 Å². The van der Waals surface area contributed by atoms with Gasteiger partial charge in [-0.1, -0.05) is 18.2 Å². The minimum Gasteiger partial charge on any atom is -0.480 e. The van der Waals surface area contributed by atoms with Gasteiger partial charge >= 0.3 is 5.97 Å². The zero-order valence-corrected chi connectivity index (χ0v) is 11.9. The van der Waals surface area contributed by atoms with Gasteiger partial charge in [-0.15, -0.1) is 11.8 Å². The number of likely N-dealkylation sites (tertiary alicyclic amines) is 1. The highest BCUT2D eigenvalue weighted by molar-refractivity contribution is 7.99. The summed E-state index contributed by atoms with van der Waals surface area (Å²) in [6, 6.07) is 7.28. The first kappa shape index (κ1) is 13.5. The van der Waals surface area contributed by atoms with Crippen molar-refractivity contribution in [3.8, 4) is 0 Å². The van der Waals surface area contributed by atoms with Gasteiger partial charge in [0.2, 0.25) is 5.91 Å². The molecule has 1 fully saturated rings. The molecule has 2 heterocycles. The van der Waals surface area contributed by atoms with Crippen molar-refractivity contribution < 1.29 is 14.7 Å². The van der Waals surface area contributed by atoms with Gasteiger partial charge in [-0.3, -0.25) is 4.79 Å². The highest BCUT2D eigenvalue weighted by Crippen LogP contribution is 2.40. The van der Waals surface area contributed by atoms with Crippen LogP contribution in [0.5, 0.6) is 0 Å². The van der Waals surface area contributed by atoms with Crippen LogP contribution in [0.25, 0.3) is 0 Å². The zero-order valence-electron chi connectivity index (χ0n) is 11.1. The number of benzene rings is 1. The van der Waals surface area contributed by atoms with Crippen molar-refractivity contribution >= 4 is 23.6 Å². The molecule has 0 bridgehead atoms. The normalized spacial score (nSPS) is 25.3. The molecule has 0 saturated carbocycles. The number of hydrogen-bond donors (Lipinski definition) is 1. The van der Waals surface area contributed by atoms with E-state index in [0.29, 0.717) is 13.0 Å². The lowest BCUT2D eigenvalue weighted by atomic mass is 9.95. The Balaban J connectivity index is 1.84. The van der Waals surface area contributed by atoms with Crippen LogP contribution in [0, 0.1) is 0 Å². The SMILES string of the molecule is O=C(O)[C@@H]1CCCCN1C(=O)[C@H]1CSc2ccccc21. The Bertz CT molecular complexity index is 546. The van der Waals surface area contributed by atoms with Crippen molar-refractivity contribution in [2.24, 2.45) is 0 Å². The van der Waals surface area contributed by atoms with Crippen LogP contribution in [0.4, 0.5) is 0 Å². The summed E-state index contributed by atoms with van der Waals surface area (Å²) in [5.74, 6) is -0.358. The summed E-state index contributed by atoms with van der Waals surface area (Å²) in [7, 11) is 0.